The van der Waals surface area contributed by atoms with Gasteiger partial charge in [0, 0.05) is 12.0 Å². The summed E-state index contributed by atoms with van der Waals surface area (Å²) < 4.78 is 1.60. The van der Waals surface area contributed by atoms with E-state index < -0.39 is 5.97 Å². The summed E-state index contributed by atoms with van der Waals surface area (Å²) in [6.45, 7) is 6.02. The van der Waals surface area contributed by atoms with Gasteiger partial charge in [-0.05, 0) is 35.6 Å². The molecular weight excluding hydrogens is 318 g/mol. The highest BCUT2D eigenvalue weighted by Crippen LogP contribution is 2.37. The number of carboxylic acids is 1. The van der Waals surface area contributed by atoms with E-state index in [2.05, 4.69) is 10.3 Å². The lowest BCUT2D eigenvalue weighted by molar-refractivity contribution is -0.136. The summed E-state index contributed by atoms with van der Waals surface area (Å²) in [5.74, 6) is -0.708. The lowest BCUT2D eigenvalue weighted by Gasteiger charge is -2.23. The summed E-state index contributed by atoms with van der Waals surface area (Å²) in [7, 11) is 0. The van der Waals surface area contributed by atoms with Crippen molar-refractivity contribution < 1.29 is 15.0 Å². The quantitative estimate of drug-likeness (QED) is 0.760. The van der Waals surface area contributed by atoms with E-state index in [1.165, 1.54) is 0 Å². The van der Waals surface area contributed by atoms with Crippen molar-refractivity contribution in [2.24, 2.45) is 0 Å². The Balaban J connectivity index is 2.20. The van der Waals surface area contributed by atoms with Crippen LogP contribution in [0.1, 0.15) is 38.3 Å². The van der Waals surface area contributed by atoms with E-state index in [4.69, 9.17) is 5.11 Å². The molecule has 1 heterocycles. The number of phenolic OH excluding ortho intramolecular Hbond substituents is 1. The molecule has 3 rings (SSSR count). The maximum absolute atomic E-state index is 10.9. The SMILES string of the molecule is CC(C)(C)c1cc(CCC(=O)O)cc(-n2nnc3ccccc32)c1O. The summed E-state index contributed by atoms with van der Waals surface area (Å²) in [6, 6.07) is 11.2. The van der Waals surface area contributed by atoms with Gasteiger partial charge in [-0.1, -0.05) is 44.2 Å². The van der Waals surface area contributed by atoms with Gasteiger partial charge in [0.2, 0.25) is 0 Å². The van der Waals surface area contributed by atoms with Gasteiger partial charge in [0.25, 0.3) is 0 Å². The summed E-state index contributed by atoms with van der Waals surface area (Å²) in [6.07, 6.45) is 0.421. The van der Waals surface area contributed by atoms with Crippen molar-refractivity contribution in [1.82, 2.24) is 15.0 Å². The molecule has 0 atom stereocenters. The molecule has 0 fully saturated rings. The Bertz CT molecular complexity index is 939. The Hall–Kier alpha value is -2.89. The molecule has 0 unspecified atom stereocenters. The number of aromatic nitrogens is 3. The molecule has 6 nitrogen and oxygen atoms in total. The second-order valence-electron chi connectivity index (χ2n) is 7.14. The molecule has 0 spiro atoms. The van der Waals surface area contributed by atoms with Crippen LogP contribution in [0, 0.1) is 0 Å². The van der Waals surface area contributed by atoms with Crippen molar-refractivity contribution in [3.05, 3.63) is 47.5 Å². The van der Waals surface area contributed by atoms with E-state index in [0.29, 0.717) is 12.1 Å². The van der Waals surface area contributed by atoms with Crippen LogP contribution in [0.3, 0.4) is 0 Å². The lowest BCUT2D eigenvalue weighted by atomic mass is 9.84. The first-order chi connectivity index (χ1) is 11.8. The molecule has 0 bridgehead atoms. The first-order valence-corrected chi connectivity index (χ1v) is 8.16. The molecule has 1 aromatic heterocycles. The van der Waals surface area contributed by atoms with Crippen LogP contribution in [-0.2, 0) is 16.6 Å². The number of carboxylic acid groups (broad SMARTS) is 1. The fourth-order valence-corrected chi connectivity index (χ4v) is 2.85. The van der Waals surface area contributed by atoms with E-state index in [9.17, 15) is 9.90 Å². The number of benzene rings is 2. The zero-order valence-electron chi connectivity index (χ0n) is 14.5. The number of aliphatic carboxylic acids is 1. The number of fused-ring (bicyclic) bond motifs is 1. The highest BCUT2D eigenvalue weighted by Gasteiger charge is 2.23. The van der Waals surface area contributed by atoms with E-state index in [1.807, 2.05) is 51.1 Å². The van der Waals surface area contributed by atoms with E-state index in [0.717, 1.165) is 22.2 Å². The van der Waals surface area contributed by atoms with Crippen molar-refractivity contribution in [3.8, 4) is 11.4 Å². The predicted octanol–water partition coefficient (Wildman–Crippen LogP) is 3.44. The molecular formula is C19H21N3O3. The van der Waals surface area contributed by atoms with Crippen LogP contribution in [0.4, 0.5) is 0 Å². The van der Waals surface area contributed by atoms with Gasteiger partial charge in [0.05, 0.1) is 5.52 Å². The smallest absolute Gasteiger partial charge is 0.303 e. The topological polar surface area (TPSA) is 88.2 Å². The zero-order valence-corrected chi connectivity index (χ0v) is 14.5. The monoisotopic (exact) mass is 339 g/mol. The maximum atomic E-state index is 10.9. The fourth-order valence-electron chi connectivity index (χ4n) is 2.85. The van der Waals surface area contributed by atoms with Crippen LogP contribution in [0.25, 0.3) is 16.7 Å². The van der Waals surface area contributed by atoms with Gasteiger partial charge in [-0.3, -0.25) is 4.79 Å². The largest absolute Gasteiger partial charge is 0.505 e. The maximum Gasteiger partial charge on any atom is 0.303 e. The molecule has 25 heavy (non-hydrogen) atoms. The number of para-hydroxylation sites is 1. The number of aromatic hydroxyl groups is 1. The fraction of sp³-hybridized carbons (Fsp3) is 0.316. The first-order valence-electron chi connectivity index (χ1n) is 8.16. The number of aryl methyl sites for hydroxylation is 1. The van der Waals surface area contributed by atoms with Crippen molar-refractivity contribution in [1.29, 1.82) is 0 Å². The van der Waals surface area contributed by atoms with Crippen molar-refractivity contribution in [3.63, 3.8) is 0 Å². The number of rotatable bonds is 4. The molecule has 0 saturated heterocycles. The normalized spacial score (nSPS) is 11.8. The van der Waals surface area contributed by atoms with Gasteiger partial charge >= 0.3 is 5.97 Å². The predicted molar refractivity (Wildman–Crippen MR) is 95.2 cm³/mol. The Morgan fingerprint density at radius 1 is 1.20 bits per heavy atom. The molecule has 2 aromatic carbocycles. The minimum absolute atomic E-state index is 0.0336. The standard InChI is InChI=1S/C19H21N3O3/c1-19(2,3)13-10-12(8-9-17(23)24)11-16(18(13)25)22-15-7-5-4-6-14(15)20-21-22/h4-7,10-11,25H,8-9H2,1-3H3,(H,23,24). The molecule has 0 aliphatic heterocycles. The van der Waals surface area contributed by atoms with Gasteiger partial charge in [0.15, 0.2) is 0 Å². The number of phenols is 1. The Morgan fingerprint density at radius 2 is 1.92 bits per heavy atom. The first kappa shape index (κ1) is 17.0. The molecule has 0 saturated carbocycles. The van der Waals surface area contributed by atoms with Gasteiger partial charge < -0.3 is 10.2 Å². The summed E-state index contributed by atoms with van der Waals surface area (Å²) >= 11 is 0. The summed E-state index contributed by atoms with van der Waals surface area (Å²) in [4.78, 5) is 10.9. The molecule has 6 heteroatoms. The van der Waals surface area contributed by atoms with Crippen LogP contribution >= 0.6 is 0 Å². The zero-order chi connectivity index (χ0) is 18.2. The Labute approximate surface area is 145 Å². The van der Waals surface area contributed by atoms with Crippen LogP contribution in [-0.4, -0.2) is 31.2 Å². The van der Waals surface area contributed by atoms with Crippen LogP contribution in [0.5, 0.6) is 5.75 Å². The molecule has 0 aliphatic rings. The second kappa shape index (κ2) is 6.20. The van der Waals surface area contributed by atoms with E-state index >= 15 is 0 Å². The van der Waals surface area contributed by atoms with Crippen molar-refractivity contribution in [2.75, 3.05) is 0 Å². The average Bonchev–Trinajstić information content (AvgIpc) is 2.96. The highest BCUT2D eigenvalue weighted by molar-refractivity contribution is 5.77. The number of carbonyl (C=O) groups is 1. The molecule has 0 amide bonds. The minimum Gasteiger partial charge on any atom is -0.505 e. The summed E-state index contributed by atoms with van der Waals surface area (Å²) in [5.41, 5.74) is 3.34. The van der Waals surface area contributed by atoms with Crippen LogP contribution in [0.15, 0.2) is 36.4 Å². The lowest BCUT2D eigenvalue weighted by Crippen LogP contribution is -2.14. The van der Waals surface area contributed by atoms with Gasteiger partial charge in [-0.15, -0.1) is 5.10 Å². The second-order valence-corrected chi connectivity index (χ2v) is 7.14. The Morgan fingerprint density at radius 3 is 2.60 bits per heavy atom. The highest BCUT2D eigenvalue weighted by atomic mass is 16.4. The molecule has 2 N–H and O–H groups in total. The number of nitrogens with zero attached hydrogens (tertiary/aromatic N) is 3. The molecule has 3 aromatic rings. The number of hydrogen-bond donors (Lipinski definition) is 2. The number of hydrogen-bond acceptors (Lipinski definition) is 4. The Kier molecular flexibility index (Phi) is 4.20. The van der Waals surface area contributed by atoms with E-state index in [-0.39, 0.29) is 17.6 Å². The minimum atomic E-state index is -0.849. The van der Waals surface area contributed by atoms with Gasteiger partial charge in [0.1, 0.15) is 17.0 Å². The van der Waals surface area contributed by atoms with Crippen LogP contribution < -0.4 is 0 Å². The van der Waals surface area contributed by atoms with Gasteiger partial charge in [-0.2, -0.15) is 0 Å². The van der Waals surface area contributed by atoms with Crippen molar-refractivity contribution >= 4 is 17.0 Å². The van der Waals surface area contributed by atoms with E-state index in [1.54, 1.807) is 10.7 Å². The average molecular weight is 339 g/mol. The molecule has 0 aliphatic carbocycles. The molecule has 0 radical (unpaired) electrons. The van der Waals surface area contributed by atoms with Crippen LogP contribution in [0.2, 0.25) is 0 Å². The van der Waals surface area contributed by atoms with Gasteiger partial charge in [-0.25, -0.2) is 4.68 Å². The molecule has 130 valence electrons. The third-order valence-electron chi connectivity index (χ3n) is 4.17. The third kappa shape index (κ3) is 3.33. The van der Waals surface area contributed by atoms with Crippen molar-refractivity contribution in [2.45, 2.75) is 39.0 Å². The third-order valence-corrected chi connectivity index (χ3v) is 4.17. The summed E-state index contributed by atoms with van der Waals surface area (Å²) in [5, 5.41) is 28.1.